The summed E-state index contributed by atoms with van der Waals surface area (Å²) < 4.78 is 0. The van der Waals surface area contributed by atoms with Crippen molar-refractivity contribution in [2.45, 2.75) is 39.3 Å². The van der Waals surface area contributed by atoms with Crippen LogP contribution in [0.15, 0.2) is 48.5 Å². The molecule has 1 saturated carbocycles. The minimum Gasteiger partial charge on any atom is -0.310 e. The zero-order valence-electron chi connectivity index (χ0n) is 18.6. The SMILES string of the molecule is CC(=O)[C@H]1C[C@@H](CC(=O)N2CCN3C(=O)c4ccccc4C23c2ccc(Cl)cc2)C1(C)C. The van der Waals surface area contributed by atoms with Crippen molar-refractivity contribution in [3.05, 3.63) is 70.2 Å². The number of fused-ring (bicyclic) bond motifs is 3. The summed E-state index contributed by atoms with van der Waals surface area (Å²) in [5.74, 6) is 0.319. The summed E-state index contributed by atoms with van der Waals surface area (Å²) in [6.07, 6.45) is 1.12. The van der Waals surface area contributed by atoms with Crippen LogP contribution in [0.2, 0.25) is 5.02 Å². The van der Waals surface area contributed by atoms with Crippen molar-refractivity contribution >= 4 is 29.2 Å². The number of rotatable bonds is 4. The average molecular weight is 451 g/mol. The van der Waals surface area contributed by atoms with Crippen molar-refractivity contribution in [2.75, 3.05) is 13.1 Å². The van der Waals surface area contributed by atoms with Crippen LogP contribution in [-0.4, -0.2) is 40.5 Å². The molecule has 3 aliphatic rings. The van der Waals surface area contributed by atoms with E-state index in [0.717, 1.165) is 17.5 Å². The van der Waals surface area contributed by atoms with Crippen LogP contribution in [0.3, 0.4) is 0 Å². The number of hydrogen-bond donors (Lipinski definition) is 0. The van der Waals surface area contributed by atoms with Gasteiger partial charge in [-0.1, -0.05) is 55.8 Å². The summed E-state index contributed by atoms with van der Waals surface area (Å²) in [4.78, 5) is 42.8. The third-order valence-corrected chi connectivity index (χ3v) is 8.29. The van der Waals surface area contributed by atoms with Crippen LogP contribution in [0, 0.1) is 17.3 Å². The van der Waals surface area contributed by atoms with Crippen LogP contribution in [0.5, 0.6) is 0 Å². The molecule has 2 amide bonds. The smallest absolute Gasteiger partial charge is 0.256 e. The van der Waals surface area contributed by atoms with Gasteiger partial charge in [0.1, 0.15) is 5.78 Å². The van der Waals surface area contributed by atoms with Gasteiger partial charge in [0.05, 0.1) is 0 Å². The van der Waals surface area contributed by atoms with E-state index >= 15 is 0 Å². The minimum absolute atomic E-state index is 0.00869. The van der Waals surface area contributed by atoms with E-state index in [4.69, 9.17) is 11.6 Å². The van der Waals surface area contributed by atoms with E-state index in [1.165, 1.54) is 0 Å². The lowest BCUT2D eigenvalue weighted by atomic mass is 9.52. The fraction of sp³-hybridized carbons (Fsp3) is 0.423. The summed E-state index contributed by atoms with van der Waals surface area (Å²) >= 11 is 6.16. The summed E-state index contributed by atoms with van der Waals surface area (Å²) in [5.41, 5.74) is 1.19. The highest BCUT2D eigenvalue weighted by Crippen LogP contribution is 2.55. The molecule has 5 rings (SSSR count). The molecule has 6 heteroatoms. The van der Waals surface area contributed by atoms with Gasteiger partial charge in [-0.25, -0.2) is 0 Å². The van der Waals surface area contributed by atoms with Crippen molar-refractivity contribution in [1.29, 1.82) is 0 Å². The summed E-state index contributed by atoms with van der Waals surface area (Å²) in [5, 5.41) is 0.608. The van der Waals surface area contributed by atoms with Crippen LogP contribution in [0.25, 0.3) is 0 Å². The number of amides is 2. The summed E-state index contributed by atoms with van der Waals surface area (Å²) in [6, 6.07) is 15.0. The molecule has 0 bridgehead atoms. The normalized spacial score (nSPS) is 27.7. The van der Waals surface area contributed by atoms with Crippen LogP contribution in [0.1, 0.15) is 55.1 Å². The maximum absolute atomic E-state index is 13.8. The zero-order valence-corrected chi connectivity index (χ0v) is 19.4. The second-order valence-electron chi connectivity index (χ2n) is 9.85. The maximum atomic E-state index is 13.8. The van der Waals surface area contributed by atoms with Crippen molar-refractivity contribution in [2.24, 2.45) is 17.3 Å². The highest BCUT2D eigenvalue weighted by molar-refractivity contribution is 6.30. The molecule has 2 heterocycles. The molecule has 0 N–H and O–H groups in total. The van der Waals surface area contributed by atoms with E-state index in [-0.39, 0.29) is 34.8 Å². The highest BCUT2D eigenvalue weighted by atomic mass is 35.5. The van der Waals surface area contributed by atoms with Crippen molar-refractivity contribution in [3.8, 4) is 0 Å². The Bertz CT molecular complexity index is 1130. The Balaban J connectivity index is 1.56. The van der Waals surface area contributed by atoms with E-state index in [0.29, 0.717) is 30.1 Å². The Kier molecular flexibility index (Phi) is 4.75. The molecule has 2 aliphatic heterocycles. The topological polar surface area (TPSA) is 57.7 Å². The second kappa shape index (κ2) is 7.17. The Morgan fingerprint density at radius 3 is 2.41 bits per heavy atom. The first kappa shape index (κ1) is 21.2. The quantitative estimate of drug-likeness (QED) is 0.690. The standard InChI is InChI=1S/C26H27ClN2O3/c1-16(30)22-14-18(25(22,2)3)15-23(31)28-12-13-29-24(32)20-6-4-5-7-21(20)26(28,29)17-8-10-19(27)11-9-17/h4-11,18,22H,12-15H2,1-3H3/t18-,22+,26?/m0/s1. The van der Waals surface area contributed by atoms with Gasteiger partial charge in [0.2, 0.25) is 5.91 Å². The molecule has 0 radical (unpaired) electrons. The average Bonchev–Trinajstić information content (AvgIpc) is 3.27. The molecule has 2 aromatic rings. The number of carbonyl (C=O) groups excluding carboxylic acids is 3. The van der Waals surface area contributed by atoms with Crippen LogP contribution >= 0.6 is 11.6 Å². The first-order valence-electron chi connectivity index (χ1n) is 11.2. The lowest BCUT2D eigenvalue weighted by molar-refractivity contribution is -0.148. The number of carbonyl (C=O) groups is 3. The van der Waals surface area contributed by atoms with Crippen LogP contribution < -0.4 is 0 Å². The fourth-order valence-electron chi connectivity index (χ4n) is 6.16. The third kappa shape index (κ3) is 2.73. The first-order chi connectivity index (χ1) is 15.2. The minimum atomic E-state index is -0.955. The molecule has 2 fully saturated rings. The van der Waals surface area contributed by atoms with E-state index < -0.39 is 5.66 Å². The van der Waals surface area contributed by atoms with E-state index in [1.54, 1.807) is 6.92 Å². The Hall–Kier alpha value is -2.66. The molecular formula is C26H27ClN2O3. The first-order valence-corrected chi connectivity index (χ1v) is 11.5. The molecule has 1 aliphatic carbocycles. The number of Topliss-reactive ketones (excluding diaryl/α,β-unsaturated/α-hetero) is 1. The lowest BCUT2D eigenvalue weighted by Crippen LogP contribution is -2.54. The molecule has 0 aromatic heterocycles. The predicted octanol–water partition coefficient (Wildman–Crippen LogP) is 4.48. The number of benzene rings is 2. The zero-order chi connectivity index (χ0) is 22.8. The Morgan fingerprint density at radius 2 is 1.75 bits per heavy atom. The fourth-order valence-corrected chi connectivity index (χ4v) is 6.28. The molecule has 5 nitrogen and oxygen atoms in total. The molecule has 1 unspecified atom stereocenters. The highest BCUT2D eigenvalue weighted by Gasteiger charge is 2.60. The van der Waals surface area contributed by atoms with Gasteiger partial charge in [-0.2, -0.15) is 0 Å². The Labute approximate surface area is 193 Å². The van der Waals surface area contributed by atoms with E-state index in [9.17, 15) is 14.4 Å². The van der Waals surface area contributed by atoms with Gasteiger partial charge in [-0.3, -0.25) is 14.4 Å². The third-order valence-electron chi connectivity index (χ3n) is 8.04. The van der Waals surface area contributed by atoms with Crippen molar-refractivity contribution in [1.82, 2.24) is 9.80 Å². The Morgan fingerprint density at radius 1 is 1.06 bits per heavy atom. The van der Waals surface area contributed by atoms with Gasteiger partial charge >= 0.3 is 0 Å². The number of halogens is 1. The maximum Gasteiger partial charge on any atom is 0.256 e. The largest absolute Gasteiger partial charge is 0.310 e. The molecule has 0 spiro atoms. The van der Waals surface area contributed by atoms with Gasteiger partial charge in [-0.15, -0.1) is 0 Å². The second-order valence-corrected chi connectivity index (χ2v) is 10.3. The van der Waals surface area contributed by atoms with E-state index in [2.05, 4.69) is 13.8 Å². The van der Waals surface area contributed by atoms with Gasteiger partial charge < -0.3 is 9.80 Å². The lowest BCUT2D eigenvalue weighted by Gasteiger charge is -2.51. The van der Waals surface area contributed by atoms with Crippen molar-refractivity contribution < 1.29 is 14.4 Å². The van der Waals surface area contributed by atoms with Crippen LogP contribution in [-0.2, 0) is 15.3 Å². The van der Waals surface area contributed by atoms with Gasteiger partial charge in [0, 0.05) is 47.1 Å². The molecule has 2 aromatic carbocycles. The predicted molar refractivity (Wildman–Crippen MR) is 122 cm³/mol. The molecule has 3 atom stereocenters. The summed E-state index contributed by atoms with van der Waals surface area (Å²) in [7, 11) is 0. The van der Waals surface area contributed by atoms with Crippen molar-refractivity contribution in [3.63, 3.8) is 0 Å². The van der Waals surface area contributed by atoms with Gasteiger partial charge in [0.25, 0.3) is 5.91 Å². The van der Waals surface area contributed by atoms with Gasteiger partial charge in [0.15, 0.2) is 5.66 Å². The molecular weight excluding hydrogens is 424 g/mol. The number of nitrogens with zero attached hydrogens (tertiary/aromatic N) is 2. The monoisotopic (exact) mass is 450 g/mol. The molecule has 166 valence electrons. The summed E-state index contributed by atoms with van der Waals surface area (Å²) in [6.45, 7) is 6.76. The number of ketones is 1. The molecule has 1 saturated heterocycles. The molecule has 32 heavy (non-hydrogen) atoms. The van der Waals surface area contributed by atoms with Crippen LogP contribution in [0.4, 0.5) is 0 Å². The van der Waals surface area contributed by atoms with Gasteiger partial charge in [-0.05, 0) is 42.9 Å². The van der Waals surface area contributed by atoms with E-state index in [1.807, 2.05) is 58.3 Å². The number of hydrogen-bond acceptors (Lipinski definition) is 3.